The number of morpholine rings is 1. The highest BCUT2D eigenvalue weighted by molar-refractivity contribution is 7.13. The molecule has 0 spiro atoms. The number of rotatable bonds is 4. The third kappa shape index (κ3) is 3.43. The van der Waals surface area contributed by atoms with E-state index in [1.807, 2.05) is 29.6 Å². The van der Waals surface area contributed by atoms with Crippen LogP contribution < -0.4 is 10.1 Å². The topological polar surface area (TPSA) is 63.7 Å². The fraction of sp³-hybridized carbons (Fsp3) is 0.412. The summed E-state index contributed by atoms with van der Waals surface area (Å²) in [6.07, 6.45) is 0.127. The quantitative estimate of drug-likeness (QED) is 0.917. The molecular formula is C17H19N3O3S. The van der Waals surface area contributed by atoms with Crippen molar-refractivity contribution in [2.75, 3.05) is 31.6 Å². The summed E-state index contributed by atoms with van der Waals surface area (Å²) in [5.74, 6) is 0.656. The maximum Gasteiger partial charge on any atom is 0.267 e. The number of carbonyl (C=O) groups excluding carboxylic acids is 1. The standard InChI is InChI=1S/C17H19N3O3S/c21-16(15-9-12-3-1-2-4-14(12)23-15)19-17-18-13(11-24-17)10-20-5-7-22-8-6-20/h1-4,11,15H,5-10H2,(H,18,19,21)/t15-/m0/s1. The van der Waals surface area contributed by atoms with Crippen molar-refractivity contribution in [1.29, 1.82) is 0 Å². The van der Waals surface area contributed by atoms with Crippen LogP contribution >= 0.6 is 11.3 Å². The van der Waals surface area contributed by atoms with Crippen LogP contribution in [0.1, 0.15) is 11.3 Å². The van der Waals surface area contributed by atoms with Gasteiger partial charge in [0.15, 0.2) is 11.2 Å². The van der Waals surface area contributed by atoms with E-state index in [9.17, 15) is 4.79 Å². The highest BCUT2D eigenvalue weighted by atomic mass is 32.1. The Morgan fingerprint density at radius 2 is 2.17 bits per heavy atom. The minimum absolute atomic E-state index is 0.140. The molecule has 1 N–H and O–H groups in total. The molecule has 4 rings (SSSR count). The molecule has 6 nitrogen and oxygen atoms in total. The zero-order valence-corrected chi connectivity index (χ0v) is 14.1. The molecule has 0 bridgehead atoms. The number of amides is 1. The molecule has 2 aliphatic rings. The Balaban J connectivity index is 1.33. The number of nitrogens with one attached hydrogen (secondary N) is 1. The molecule has 1 saturated heterocycles. The van der Waals surface area contributed by atoms with E-state index in [2.05, 4.69) is 15.2 Å². The number of benzene rings is 1. The summed E-state index contributed by atoms with van der Waals surface area (Å²) in [4.78, 5) is 19.2. The molecule has 1 aromatic heterocycles. The highest BCUT2D eigenvalue weighted by Crippen LogP contribution is 2.29. The average Bonchev–Trinajstić information content (AvgIpc) is 3.22. The normalized spacial score (nSPS) is 20.4. The third-order valence-electron chi connectivity index (χ3n) is 4.21. The molecule has 7 heteroatoms. The van der Waals surface area contributed by atoms with Gasteiger partial charge in [0.25, 0.3) is 5.91 Å². The number of nitrogens with zero attached hydrogens (tertiary/aromatic N) is 2. The van der Waals surface area contributed by atoms with Crippen molar-refractivity contribution < 1.29 is 14.3 Å². The molecule has 24 heavy (non-hydrogen) atoms. The Labute approximate surface area is 144 Å². The van der Waals surface area contributed by atoms with Crippen LogP contribution in [0.25, 0.3) is 0 Å². The van der Waals surface area contributed by atoms with Crippen LogP contribution in [-0.2, 0) is 22.5 Å². The zero-order chi connectivity index (χ0) is 16.4. The van der Waals surface area contributed by atoms with E-state index < -0.39 is 6.10 Å². The first kappa shape index (κ1) is 15.6. The number of thiazole rings is 1. The smallest absolute Gasteiger partial charge is 0.267 e. The second-order valence-corrected chi connectivity index (χ2v) is 6.80. The summed E-state index contributed by atoms with van der Waals surface area (Å²) >= 11 is 1.45. The van der Waals surface area contributed by atoms with E-state index in [0.717, 1.165) is 49.9 Å². The van der Waals surface area contributed by atoms with E-state index in [0.29, 0.717) is 11.6 Å². The lowest BCUT2D eigenvalue weighted by molar-refractivity contribution is -0.122. The first-order valence-electron chi connectivity index (χ1n) is 8.08. The van der Waals surface area contributed by atoms with Gasteiger partial charge in [-0.3, -0.25) is 15.0 Å². The Bertz CT molecular complexity index is 702. The van der Waals surface area contributed by atoms with Crippen molar-refractivity contribution >= 4 is 22.4 Å². The van der Waals surface area contributed by atoms with Gasteiger partial charge in [-0.1, -0.05) is 18.2 Å². The van der Waals surface area contributed by atoms with Gasteiger partial charge in [-0.25, -0.2) is 4.98 Å². The number of aromatic nitrogens is 1. The van der Waals surface area contributed by atoms with Crippen LogP contribution in [0.5, 0.6) is 5.75 Å². The van der Waals surface area contributed by atoms with Crippen molar-refractivity contribution in [3.63, 3.8) is 0 Å². The van der Waals surface area contributed by atoms with Gasteiger partial charge in [-0.15, -0.1) is 11.3 Å². The van der Waals surface area contributed by atoms with Crippen molar-refractivity contribution in [1.82, 2.24) is 9.88 Å². The number of carbonyl (C=O) groups is 1. The fourth-order valence-electron chi connectivity index (χ4n) is 2.94. The van der Waals surface area contributed by atoms with Crippen LogP contribution in [0, 0.1) is 0 Å². The van der Waals surface area contributed by atoms with Gasteiger partial charge in [0.1, 0.15) is 5.75 Å². The predicted molar refractivity (Wildman–Crippen MR) is 91.4 cm³/mol. The van der Waals surface area contributed by atoms with Gasteiger partial charge in [0, 0.05) is 31.4 Å². The first-order valence-corrected chi connectivity index (χ1v) is 8.96. The molecule has 0 radical (unpaired) electrons. The molecule has 1 amide bonds. The third-order valence-corrected chi connectivity index (χ3v) is 5.02. The monoisotopic (exact) mass is 345 g/mol. The summed E-state index contributed by atoms with van der Waals surface area (Å²) in [6, 6.07) is 7.76. The molecule has 2 aliphatic heterocycles. The number of fused-ring (bicyclic) bond motifs is 1. The average molecular weight is 345 g/mol. The Kier molecular flexibility index (Phi) is 4.46. The first-order chi connectivity index (χ1) is 11.8. The van der Waals surface area contributed by atoms with Gasteiger partial charge >= 0.3 is 0 Å². The lowest BCUT2D eigenvalue weighted by Gasteiger charge is -2.25. The van der Waals surface area contributed by atoms with Crippen LogP contribution in [0.4, 0.5) is 5.13 Å². The fourth-order valence-corrected chi connectivity index (χ4v) is 3.64. The molecular weight excluding hydrogens is 326 g/mol. The van der Waals surface area contributed by atoms with E-state index in [4.69, 9.17) is 9.47 Å². The Hall–Kier alpha value is -1.96. The number of hydrogen-bond acceptors (Lipinski definition) is 6. The van der Waals surface area contributed by atoms with Gasteiger partial charge in [-0.2, -0.15) is 0 Å². The number of ether oxygens (including phenoxy) is 2. The summed E-state index contributed by atoms with van der Waals surface area (Å²) in [5.41, 5.74) is 2.05. The summed E-state index contributed by atoms with van der Waals surface area (Å²) in [7, 11) is 0. The van der Waals surface area contributed by atoms with E-state index >= 15 is 0 Å². The van der Waals surface area contributed by atoms with E-state index in [1.54, 1.807) is 0 Å². The van der Waals surface area contributed by atoms with E-state index in [1.165, 1.54) is 11.3 Å². The van der Waals surface area contributed by atoms with Crippen molar-refractivity contribution in [3.05, 3.63) is 40.9 Å². The minimum Gasteiger partial charge on any atom is -0.480 e. The molecule has 1 fully saturated rings. The predicted octanol–water partition coefficient (Wildman–Crippen LogP) is 1.92. The second-order valence-electron chi connectivity index (χ2n) is 5.94. The molecule has 3 heterocycles. The van der Waals surface area contributed by atoms with Gasteiger partial charge in [0.05, 0.1) is 18.9 Å². The zero-order valence-electron chi connectivity index (χ0n) is 13.2. The Morgan fingerprint density at radius 3 is 3.00 bits per heavy atom. The number of para-hydroxylation sites is 1. The molecule has 126 valence electrons. The van der Waals surface area contributed by atoms with Gasteiger partial charge < -0.3 is 9.47 Å². The summed E-state index contributed by atoms with van der Waals surface area (Å²) in [5, 5.41) is 5.50. The van der Waals surface area contributed by atoms with Gasteiger partial charge in [0.2, 0.25) is 0 Å². The van der Waals surface area contributed by atoms with Crippen LogP contribution in [0.2, 0.25) is 0 Å². The maximum absolute atomic E-state index is 12.4. The van der Waals surface area contributed by atoms with E-state index in [-0.39, 0.29) is 5.91 Å². The number of anilines is 1. The maximum atomic E-state index is 12.4. The Morgan fingerprint density at radius 1 is 1.33 bits per heavy atom. The number of hydrogen-bond donors (Lipinski definition) is 1. The van der Waals surface area contributed by atoms with Crippen LogP contribution in [-0.4, -0.2) is 48.2 Å². The lowest BCUT2D eigenvalue weighted by Crippen LogP contribution is -2.35. The van der Waals surface area contributed by atoms with Crippen LogP contribution in [0.15, 0.2) is 29.6 Å². The summed E-state index contributed by atoms with van der Waals surface area (Å²) < 4.78 is 11.1. The molecule has 1 aromatic carbocycles. The van der Waals surface area contributed by atoms with Crippen molar-refractivity contribution in [3.8, 4) is 5.75 Å². The molecule has 0 aliphatic carbocycles. The molecule has 2 aromatic rings. The SMILES string of the molecule is O=C(Nc1nc(CN2CCOCC2)cs1)[C@@H]1Cc2ccccc2O1. The minimum atomic E-state index is -0.478. The summed E-state index contributed by atoms with van der Waals surface area (Å²) in [6.45, 7) is 4.18. The molecule has 0 unspecified atom stereocenters. The lowest BCUT2D eigenvalue weighted by atomic mass is 10.1. The largest absolute Gasteiger partial charge is 0.480 e. The molecule has 0 saturated carbocycles. The molecule has 1 atom stereocenters. The van der Waals surface area contributed by atoms with Gasteiger partial charge in [-0.05, 0) is 11.6 Å². The van der Waals surface area contributed by atoms with Crippen molar-refractivity contribution in [2.24, 2.45) is 0 Å². The van der Waals surface area contributed by atoms with Crippen molar-refractivity contribution in [2.45, 2.75) is 19.1 Å². The van der Waals surface area contributed by atoms with Crippen LogP contribution in [0.3, 0.4) is 0 Å². The highest BCUT2D eigenvalue weighted by Gasteiger charge is 2.29. The second kappa shape index (κ2) is 6.88.